The molecule has 0 radical (unpaired) electrons. The first kappa shape index (κ1) is 17.5. The number of carbonyl (C=O) groups excluding carboxylic acids is 1. The van der Waals surface area contributed by atoms with E-state index in [1.54, 1.807) is 17.7 Å². The summed E-state index contributed by atoms with van der Waals surface area (Å²) in [7, 11) is 2.09. The molecule has 1 amide bonds. The molecule has 0 saturated carbocycles. The number of piperazine rings is 1. The predicted octanol–water partition coefficient (Wildman–Crippen LogP) is 3.22. The van der Waals surface area contributed by atoms with E-state index in [1.165, 1.54) is 11.8 Å². The lowest BCUT2D eigenvalue weighted by molar-refractivity contribution is -0.129. The molecular weight excluding hydrogens is 364 g/mol. The molecule has 0 atom stereocenters. The Balaban J connectivity index is 1.55. The molecule has 0 bridgehead atoms. The standard InChI is InChI=1S/C19H20N4OS2/c1-22-7-9-23(10-8-22)16(24)12-26-19-17-15(14-5-3-2-4-6-14)11-25-18(17)20-13-21-19/h2-6,11,13H,7-10,12H2,1H3. The van der Waals surface area contributed by atoms with Crippen LogP contribution in [0, 0.1) is 0 Å². The molecule has 3 heterocycles. The Labute approximate surface area is 161 Å². The number of aromatic nitrogens is 2. The molecule has 1 aliphatic heterocycles. The monoisotopic (exact) mass is 384 g/mol. The van der Waals surface area contributed by atoms with E-state index < -0.39 is 0 Å². The van der Waals surface area contributed by atoms with E-state index in [1.807, 2.05) is 23.1 Å². The average Bonchev–Trinajstić information content (AvgIpc) is 3.12. The molecule has 1 aliphatic rings. The van der Waals surface area contributed by atoms with Crippen LogP contribution in [0.5, 0.6) is 0 Å². The van der Waals surface area contributed by atoms with E-state index >= 15 is 0 Å². The number of likely N-dealkylation sites (N-methyl/N-ethyl adjacent to an activating group) is 1. The third kappa shape index (κ3) is 3.60. The minimum absolute atomic E-state index is 0.186. The first-order valence-electron chi connectivity index (χ1n) is 8.59. The summed E-state index contributed by atoms with van der Waals surface area (Å²) in [4.78, 5) is 26.6. The Morgan fingerprint density at radius 3 is 2.69 bits per heavy atom. The number of nitrogens with zero attached hydrogens (tertiary/aromatic N) is 4. The summed E-state index contributed by atoms with van der Waals surface area (Å²) < 4.78 is 0. The zero-order chi connectivity index (χ0) is 17.9. The maximum absolute atomic E-state index is 12.6. The van der Waals surface area contributed by atoms with Gasteiger partial charge >= 0.3 is 0 Å². The van der Waals surface area contributed by atoms with E-state index in [0.717, 1.165) is 52.5 Å². The normalized spacial score (nSPS) is 15.5. The third-order valence-corrected chi connectivity index (χ3v) is 6.47. The lowest BCUT2D eigenvalue weighted by atomic mass is 10.1. The van der Waals surface area contributed by atoms with Gasteiger partial charge in [0.25, 0.3) is 0 Å². The van der Waals surface area contributed by atoms with E-state index in [9.17, 15) is 4.79 Å². The van der Waals surface area contributed by atoms with Gasteiger partial charge in [0, 0.05) is 37.1 Å². The van der Waals surface area contributed by atoms with Crippen LogP contribution in [0.25, 0.3) is 21.3 Å². The highest BCUT2D eigenvalue weighted by atomic mass is 32.2. The summed E-state index contributed by atoms with van der Waals surface area (Å²) in [6.07, 6.45) is 1.59. The molecular formula is C19H20N4OS2. The van der Waals surface area contributed by atoms with Gasteiger partial charge < -0.3 is 9.80 Å². The molecule has 1 aromatic carbocycles. The lowest BCUT2D eigenvalue weighted by Crippen LogP contribution is -2.47. The number of rotatable bonds is 4. The maximum atomic E-state index is 12.6. The number of carbonyl (C=O) groups is 1. The number of hydrogen-bond donors (Lipinski definition) is 0. The molecule has 2 aromatic heterocycles. The minimum Gasteiger partial charge on any atom is -0.339 e. The van der Waals surface area contributed by atoms with E-state index in [-0.39, 0.29) is 5.91 Å². The highest BCUT2D eigenvalue weighted by Crippen LogP contribution is 2.37. The number of thioether (sulfide) groups is 1. The van der Waals surface area contributed by atoms with Gasteiger partial charge in [-0.1, -0.05) is 42.1 Å². The zero-order valence-corrected chi connectivity index (χ0v) is 16.2. The molecule has 5 nitrogen and oxygen atoms in total. The molecule has 4 rings (SSSR count). The fraction of sp³-hybridized carbons (Fsp3) is 0.316. The summed E-state index contributed by atoms with van der Waals surface area (Å²) in [6, 6.07) is 10.3. The molecule has 0 spiro atoms. The van der Waals surface area contributed by atoms with Crippen LogP contribution >= 0.6 is 23.1 Å². The molecule has 26 heavy (non-hydrogen) atoms. The summed E-state index contributed by atoms with van der Waals surface area (Å²) in [5.74, 6) is 0.603. The summed E-state index contributed by atoms with van der Waals surface area (Å²) in [5, 5.41) is 4.07. The summed E-state index contributed by atoms with van der Waals surface area (Å²) >= 11 is 3.14. The second-order valence-electron chi connectivity index (χ2n) is 6.35. The fourth-order valence-corrected chi connectivity index (χ4v) is 4.96. The van der Waals surface area contributed by atoms with Crippen molar-refractivity contribution in [2.24, 2.45) is 0 Å². The maximum Gasteiger partial charge on any atom is 0.233 e. The SMILES string of the molecule is CN1CCN(C(=O)CSc2ncnc3scc(-c4ccccc4)c23)CC1. The van der Waals surface area contributed by atoms with Crippen molar-refractivity contribution in [3.05, 3.63) is 42.0 Å². The van der Waals surface area contributed by atoms with Gasteiger partial charge in [-0.3, -0.25) is 4.79 Å². The van der Waals surface area contributed by atoms with Gasteiger partial charge in [-0.2, -0.15) is 0 Å². The topological polar surface area (TPSA) is 49.3 Å². The second-order valence-corrected chi connectivity index (χ2v) is 8.17. The van der Waals surface area contributed by atoms with E-state index in [4.69, 9.17) is 0 Å². The number of fused-ring (bicyclic) bond motifs is 1. The highest BCUT2D eigenvalue weighted by Gasteiger charge is 2.20. The fourth-order valence-electron chi connectivity index (χ4n) is 3.06. The van der Waals surface area contributed by atoms with Crippen molar-refractivity contribution in [2.75, 3.05) is 39.0 Å². The highest BCUT2D eigenvalue weighted by molar-refractivity contribution is 8.00. The predicted molar refractivity (Wildman–Crippen MR) is 108 cm³/mol. The van der Waals surface area contributed by atoms with Gasteiger partial charge in [-0.25, -0.2) is 9.97 Å². The first-order valence-corrected chi connectivity index (χ1v) is 10.5. The number of benzene rings is 1. The van der Waals surface area contributed by atoms with Gasteiger partial charge in [0.15, 0.2) is 0 Å². The number of hydrogen-bond acceptors (Lipinski definition) is 6. The van der Waals surface area contributed by atoms with Crippen LogP contribution in [0.15, 0.2) is 47.1 Å². The van der Waals surface area contributed by atoms with Gasteiger partial charge in [-0.15, -0.1) is 11.3 Å². The van der Waals surface area contributed by atoms with Crippen molar-refractivity contribution >= 4 is 39.2 Å². The zero-order valence-electron chi connectivity index (χ0n) is 14.6. The quantitative estimate of drug-likeness (QED) is 0.511. The van der Waals surface area contributed by atoms with Crippen molar-refractivity contribution in [3.8, 4) is 11.1 Å². The molecule has 134 valence electrons. The van der Waals surface area contributed by atoms with Crippen LogP contribution in [0.2, 0.25) is 0 Å². The van der Waals surface area contributed by atoms with E-state index in [2.05, 4.69) is 39.4 Å². The van der Waals surface area contributed by atoms with Gasteiger partial charge in [-0.05, 0) is 12.6 Å². The van der Waals surface area contributed by atoms with Gasteiger partial charge in [0.05, 0.1) is 11.1 Å². The molecule has 3 aromatic rings. The smallest absolute Gasteiger partial charge is 0.233 e. The van der Waals surface area contributed by atoms with Crippen LogP contribution < -0.4 is 0 Å². The van der Waals surface area contributed by atoms with Crippen molar-refractivity contribution < 1.29 is 4.79 Å². The molecule has 1 saturated heterocycles. The Kier molecular flexibility index (Phi) is 5.19. The largest absolute Gasteiger partial charge is 0.339 e. The molecule has 0 aliphatic carbocycles. The Morgan fingerprint density at radius 1 is 1.15 bits per heavy atom. The van der Waals surface area contributed by atoms with Crippen molar-refractivity contribution in [3.63, 3.8) is 0 Å². The van der Waals surface area contributed by atoms with Crippen molar-refractivity contribution in [1.82, 2.24) is 19.8 Å². The van der Waals surface area contributed by atoms with Crippen LogP contribution in [0.1, 0.15) is 0 Å². The Hall–Kier alpha value is -1.96. The Morgan fingerprint density at radius 2 is 1.92 bits per heavy atom. The van der Waals surface area contributed by atoms with Gasteiger partial charge in [0.2, 0.25) is 5.91 Å². The Bertz CT molecular complexity index is 904. The van der Waals surface area contributed by atoms with Crippen molar-refractivity contribution in [1.29, 1.82) is 0 Å². The van der Waals surface area contributed by atoms with E-state index in [0.29, 0.717) is 5.75 Å². The first-order chi connectivity index (χ1) is 12.7. The molecule has 1 fully saturated rings. The van der Waals surface area contributed by atoms with Crippen LogP contribution in [-0.2, 0) is 4.79 Å². The minimum atomic E-state index is 0.186. The van der Waals surface area contributed by atoms with Crippen molar-refractivity contribution in [2.45, 2.75) is 5.03 Å². The third-order valence-electron chi connectivity index (χ3n) is 4.61. The summed E-state index contributed by atoms with van der Waals surface area (Å²) in [6.45, 7) is 3.50. The summed E-state index contributed by atoms with van der Waals surface area (Å²) in [5.41, 5.74) is 2.29. The second kappa shape index (κ2) is 7.73. The molecule has 7 heteroatoms. The number of thiophene rings is 1. The van der Waals surface area contributed by atoms with Crippen LogP contribution in [-0.4, -0.2) is 64.7 Å². The van der Waals surface area contributed by atoms with Crippen LogP contribution in [0.4, 0.5) is 0 Å². The average molecular weight is 385 g/mol. The lowest BCUT2D eigenvalue weighted by Gasteiger charge is -2.32. The molecule has 0 N–H and O–H groups in total. The van der Waals surface area contributed by atoms with Gasteiger partial charge in [0.1, 0.15) is 16.2 Å². The number of amides is 1. The molecule has 0 unspecified atom stereocenters. The van der Waals surface area contributed by atoms with Crippen LogP contribution in [0.3, 0.4) is 0 Å².